The third-order valence-corrected chi connectivity index (χ3v) is 3.02. The predicted octanol–water partition coefficient (Wildman–Crippen LogP) is -2.25. The molecule has 0 spiro atoms. The number of hydrogen-bond donors (Lipinski definition) is 0. The normalized spacial score (nSPS) is 18.4. The van der Waals surface area contributed by atoms with E-state index in [1.165, 1.54) is 26.4 Å². The first-order chi connectivity index (χ1) is 7.06. The Kier molecular flexibility index (Phi) is 6.60. The van der Waals surface area contributed by atoms with Crippen molar-refractivity contribution in [1.82, 2.24) is 0 Å². The molecule has 1 rings (SSSR count). The molecule has 0 N–H and O–H groups in total. The van der Waals surface area contributed by atoms with Gasteiger partial charge in [0.2, 0.25) is 0 Å². The highest BCUT2D eigenvalue weighted by Crippen LogP contribution is 2.16. The zero-order valence-electron chi connectivity index (χ0n) is 10.00. The molecule has 1 aliphatic heterocycles. The fourth-order valence-corrected chi connectivity index (χ4v) is 2.15. The van der Waals surface area contributed by atoms with Crippen LogP contribution in [0.3, 0.4) is 0 Å². The van der Waals surface area contributed by atoms with Gasteiger partial charge in [0.25, 0.3) is 0 Å². The summed E-state index contributed by atoms with van der Waals surface area (Å²) >= 11 is 0. The SMILES string of the molecule is COC(=O)CC(=O)C[N+]1(C)CCCCC1.[Cl-]. The summed E-state index contributed by atoms with van der Waals surface area (Å²) in [6, 6.07) is 0. The second kappa shape index (κ2) is 6.86. The van der Waals surface area contributed by atoms with E-state index in [0.29, 0.717) is 6.54 Å². The van der Waals surface area contributed by atoms with Gasteiger partial charge in [-0.25, -0.2) is 0 Å². The zero-order chi connectivity index (χ0) is 11.3. The predicted molar refractivity (Wildman–Crippen MR) is 56.3 cm³/mol. The summed E-state index contributed by atoms with van der Waals surface area (Å²) in [6.07, 6.45) is 3.55. The van der Waals surface area contributed by atoms with Crippen molar-refractivity contribution in [2.24, 2.45) is 0 Å². The molecule has 0 aliphatic carbocycles. The molecule has 4 nitrogen and oxygen atoms in total. The lowest BCUT2D eigenvalue weighted by Gasteiger charge is -2.37. The smallest absolute Gasteiger partial charge is 0.313 e. The Balaban J connectivity index is 0.00000225. The van der Waals surface area contributed by atoms with Crippen LogP contribution in [0, 0.1) is 0 Å². The number of ether oxygens (including phenoxy) is 1. The summed E-state index contributed by atoms with van der Waals surface area (Å²) in [5.41, 5.74) is 0. The maximum atomic E-state index is 11.6. The molecule has 0 atom stereocenters. The van der Waals surface area contributed by atoms with E-state index < -0.39 is 5.97 Å². The van der Waals surface area contributed by atoms with Crippen LogP contribution in [-0.4, -0.2) is 50.0 Å². The summed E-state index contributed by atoms with van der Waals surface area (Å²) in [5, 5.41) is 0. The number of likely N-dealkylation sites (N-methyl/N-ethyl adjacent to an activating group) is 1. The second-order valence-corrected chi connectivity index (χ2v) is 4.58. The topological polar surface area (TPSA) is 43.4 Å². The van der Waals surface area contributed by atoms with Gasteiger partial charge in [-0.3, -0.25) is 9.59 Å². The maximum Gasteiger partial charge on any atom is 0.313 e. The minimum Gasteiger partial charge on any atom is -1.00 e. The summed E-state index contributed by atoms with van der Waals surface area (Å²) in [4.78, 5) is 22.5. The number of nitrogens with zero attached hydrogens (tertiary/aromatic N) is 1. The molecule has 0 aromatic carbocycles. The number of piperidine rings is 1. The molecule has 1 saturated heterocycles. The van der Waals surface area contributed by atoms with E-state index in [-0.39, 0.29) is 24.6 Å². The third kappa shape index (κ3) is 4.94. The van der Waals surface area contributed by atoms with Crippen molar-refractivity contribution >= 4 is 11.8 Å². The fourth-order valence-electron chi connectivity index (χ4n) is 2.15. The summed E-state index contributed by atoms with van der Waals surface area (Å²) in [5.74, 6) is -0.435. The van der Waals surface area contributed by atoms with Crippen molar-refractivity contribution in [2.45, 2.75) is 25.7 Å². The number of halogens is 1. The fraction of sp³-hybridized carbons (Fsp3) is 0.818. The number of likely N-dealkylation sites (tertiary alicyclic amines) is 1. The lowest BCUT2D eigenvalue weighted by atomic mass is 10.1. The van der Waals surface area contributed by atoms with E-state index in [1.54, 1.807) is 0 Å². The van der Waals surface area contributed by atoms with Crippen LogP contribution in [0.1, 0.15) is 25.7 Å². The van der Waals surface area contributed by atoms with Crippen LogP contribution in [0.2, 0.25) is 0 Å². The first kappa shape index (κ1) is 15.4. The lowest BCUT2D eigenvalue weighted by Crippen LogP contribution is -3.00. The monoisotopic (exact) mass is 249 g/mol. The Morgan fingerprint density at radius 1 is 1.19 bits per heavy atom. The van der Waals surface area contributed by atoms with Crippen LogP contribution < -0.4 is 12.4 Å². The van der Waals surface area contributed by atoms with E-state index >= 15 is 0 Å². The molecule has 1 heterocycles. The number of carbonyl (C=O) groups is 2. The molecule has 0 aromatic rings. The van der Waals surface area contributed by atoms with Crippen LogP contribution in [0.25, 0.3) is 0 Å². The van der Waals surface area contributed by atoms with Gasteiger partial charge in [0, 0.05) is 0 Å². The van der Waals surface area contributed by atoms with Gasteiger partial charge in [-0.05, 0) is 19.3 Å². The number of rotatable bonds is 4. The Hall–Kier alpha value is -0.610. The molecule has 1 fully saturated rings. The van der Waals surface area contributed by atoms with Gasteiger partial charge in [-0.1, -0.05) is 0 Å². The molecular formula is C11H20ClNO3. The molecule has 0 saturated carbocycles. The molecule has 0 bridgehead atoms. The molecule has 94 valence electrons. The summed E-state index contributed by atoms with van der Waals surface area (Å²) in [6.45, 7) is 2.56. The molecule has 0 amide bonds. The Labute approximate surface area is 103 Å². The maximum absolute atomic E-state index is 11.6. The van der Waals surface area contributed by atoms with Gasteiger partial charge >= 0.3 is 5.97 Å². The lowest BCUT2D eigenvalue weighted by molar-refractivity contribution is -0.906. The van der Waals surface area contributed by atoms with Crippen molar-refractivity contribution in [1.29, 1.82) is 0 Å². The van der Waals surface area contributed by atoms with E-state index in [4.69, 9.17) is 0 Å². The van der Waals surface area contributed by atoms with Crippen LogP contribution in [0.4, 0.5) is 0 Å². The molecule has 0 radical (unpaired) electrons. The largest absolute Gasteiger partial charge is 1.00 e. The highest BCUT2D eigenvalue weighted by Gasteiger charge is 2.28. The Morgan fingerprint density at radius 2 is 1.75 bits per heavy atom. The van der Waals surface area contributed by atoms with E-state index in [1.807, 2.05) is 0 Å². The number of esters is 1. The average molecular weight is 250 g/mol. The number of quaternary nitrogens is 1. The highest BCUT2D eigenvalue weighted by atomic mass is 35.5. The minimum absolute atomic E-state index is 0. The molecule has 5 heteroatoms. The van der Waals surface area contributed by atoms with Crippen molar-refractivity contribution in [3.63, 3.8) is 0 Å². The number of ketones is 1. The second-order valence-electron chi connectivity index (χ2n) is 4.58. The van der Waals surface area contributed by atoms with Crippen LogP contribution in [0.5, 0.6) is 0 Å². The van der Waals surface area contributed by atoms with E-state index in [0.717, 1.165) is 17.6 Å². The first-order valence-electron chi connectivity index (χ1n) is 5.48. The third-order valence-electron chi connectivity index (χ3n) is 3.02. The van der Waals surface area contributed by atoms with Gasteiger partial charge in [0.05, 0.1) is 27.2 Å². The van der Waals surface area contributed by atoms with Crippen molar-refractivity contribution in [3.05, 3.63) is 0 Å². The molecular weight excluding hydrogens is 230 g/mol. The molecule has 0 unspecified atom stereocenters. The number of methoxy groups -OCH3 is 1. The summed E-state index contributed by atoms with van der Waals surface area (Å²) < 4.78 is 5.26. The zero-order valence-corrected chi connectivity index (χ0v) is 10.8. The highest BCUT2D eigenvalue weighted by molar-refractivity contribution is 5.96. The van der Waals surface area contributed by atoms with Gasteiger partial charge in [0.1, 0.15) is 13.0 Å². The molecule has 1 aliphatic rings. The van der Waals surface area contributed by atoms with E-state index in [9.17, 15) is 9.59 Å². The van der Waals surface area contributed by atoms with E-state index in [2.05, 4.69) is 11.8 Å². The van der Waals surface area contributed by atoms with Crippen LogP contribution >= 0.6 is 0 Å². The average Bonchev–Trinajstić information content (AvgIpc) is 2.17. The summed E-state index contributed by atoms with van der Waals surface area (Å²) in [7, 11) is 3.40. The van der Waals surface area contributed by atoms with Crippen LogP contribution in [-0.2, 0) is 14.3 Å². The molecule has 16 heavy (non-hydrogen) atoms. The van der Waals surface area contributed by atoms with Gasteiger partial charge < -0.3 is 21.6 Å². The van der Waals surface area contributed by atoms with Crippen LogP contribution in [0.15, 0.2) is 0 Å². The minimum atomic E-state index is -0.427. The quantitative estimate of drug-likeness (QED) is 0.321. The Morgan fingerprint density at radius 3 is 2.25 bits per heavy atom. The first-order valence-corrected chi connectivity index (χ1v) is 5.48. The molecule has 0 aromatic heterocycles. The van der Waals surface area contributed by atoms with Gasteiger partial charge in [0.15, 0.2) is 5.78 Å². The Bertz CT molecular complexity index is 250. The number of Topliss-reactive ketones (excluding diaryl/α,β-unsaturated/α-hetero) is 1. The van der Waals surface area contributed by atoms with Crippen molar-refractivity contribution in [3.8, 4) is 0 Å². The van der Waals surface area contributed by atoms with Gasteiger partial charge in [-0.15, -0.1) is 0 Å². The number of hydrogen-bond acceptors (Lipinski definition) is 3. The van der Waals surface area contributed by atoms with Crippen molar-refractivity contribution < 1.29 is 31.2 Å². The van der Waals surface area contributed by atoms with Gasteiger partial charge in [-0.2, -0.15) is 0 Å². The standard InChI is InChI=1S/C11H20NO3.ClH/c1-12(6-4-3-5-7-12)9-10(13)8-11(14)15-2;/h3-9H2,1-2H3;1H/q+1;/p-1. The van der Waals surface area contributed by atoms with Crippen molar-refractivity contribution in [2.75, 3.05) is 33.8 Å². The number of carbonyl (C=O) groups excluding carboxylic acids is 2.